The Kier molecular flexibility index (Phi) is 3.03. The standard InChI is InChI=1S/C11H23NO/c1-9-5-6-11(12,7-9)8-10(2,3)13-4/h9H,5-8,12H2,1-4H3. The zero-order chi connectivity index (χ0) is 10.1. The molecule has 1 aliphatic rings. The predicted octanol–water partition coefficient (Wildman–Crippen LogP) is 2.32. The molecular formula is C11H23NO. The van der Waals surface area contributed by atoms with E-state index in [4.69, 9.17) is 10.5 Å². The molecule has 78 valence electrons. The van der Waals surface area contributed by atoms with Crippen molar-refractivity contribution in [3.05, 3.63) is 0 Å². The molecule has 0 saturated heterocycles. The molecule has 0 aromatic rings. The van der Waals surface area contributed by atoms with Crippen molar-refractivity contribution in [3.8, 4) is 0 Å². The topological polar surface area (TPSA) is 35.2 Å². The van der Waals surface area contributed by atoms with Crippen LogP contribution in [-0.4, -0.2) is 18.2 Å². The molecule has 0 heterocycles. The minimum Gasteiger partial charge on any atom is -0.379 e. The summed E-state index contributed by atoms with van der Waals surface area (Å²) in [5, 5.41) is 0. The molecule has 2 heteroatoms. The van der Waals surface area contributed by atoms with Crippen molar-refractivity contribution in [2.45, 2.75) is 57.6 Å². The van der Waals surface area contributed by atoms with Gasteiger partial charge in [-0.3, -0.25) is 0 Å². The van der Waals surface area contributed by atoms with Gasteiger partial charge in [0.15, 0.2) is 0 Å². The Morgan fingerprint density at radius 2 is 2.15 bits per heavy atom. The highest BCUT2D eigenvalue weighted by molar-refractivity contribution is 4.96. The van der Waals surface area contributed by atoms with Crippen molar-refractivity contribution in [1.82, 2.24) is 0 Å². The number of hydrogen-bond donors (Lipinski definition) is 1. The van der Waals surface area contributed by atoms with Gasteiger partial charge in [0.1, 0.15) is 0 Å². The first kappa shape index (κ1) is 11.0. The Balaban J connectivity index is 2.53. The van der Waals surface area contributed by atoms with Gasteiger partial charge >= 0.3 is 0 Å². The van der Waals surface area contributed by atoms with Crippen molar-refractivity contribution < 1.29 is 4.74 Å². The number of methoxy groups -OCH3 is 1. The van der Waals surface area contributed by atoms with E-state index in [2.05, 4.69) is 20.8 Å². The SMILES string of the molecule is COC(C)(C)CC1(N)CCC(C)C1. The van der Waals surface area contributed by atoms with Crippen LogP contribution in [0.2, 0.25) is 0 Å². The molecule has 2 atom stereocenters. The Labute approximate surface area is 81.8 Å². The quantitative estimate of drug-likeness (QED) is 0.732. The van der Waals surface area contributed by atoms with Crippen LogP contribution < -0.4 is 5.73 Å². The van der Waals surface area contributed by atoms with E-state index in [1.165, 1.54) is 6.42 Å². The highest BCUT2D eigenvalue weighted by Crippen LogP contribution is 2.38. The molecule has 1 rings (SSSR count). The second-order valence-corrected chi connectivity index (χ2v) is 5.35. The minimum absolute atomic E-state index is 0.0267. The summed E-state index contributed by atoms with van der Waals surface area (Å²) in [6.07, 6.45) is 4.55. The Morgan fingerprint density at radius 3 is 2.54 bits per heavy atom. The molecule has 0 bridgehead atoms. The van der Waals surface area contributed by atoms with Crippen LogP contribution in [0.1, 0.15) is 46.5 Å². The molecular weight excluding hydrogens is 162 g/mol. The molecule has 0 amide bonds. The van der Waals surface area contributed by atoms with Gasteiger partial charge in [-0.25, -0.2) is 0 Å². The number of hydrogen-bond acceptors (Lipinski definition) is 2. The molecule has 2 nitrogen and oxygen atoms in total. The lowest BCUT2D eigenvalue weighted by atomic mass is 9.85. The fourth-order valence-electron chi connectivity index (χ4n) is 2.51. The van der Waals surface area contributed by atoms with Gasteiger partial charge in [0.2, 0.25) is 0 Å². The maximum absolute atomic E-state index is 6.33. The molecule has 2 N–H and O–H groups in total. The van der Waals surface area contributed by atoms with E-state index in [1.807, 2.05) is 0 Å². The van der Waals surface area contributed by atoms with E-state index in [9.17, 15) is 0 Å². The second-order valence-electron chi connectivity index (χ2n) is 5.35. The van der Waals surface area contributed by atoms with Gasteiger partial charge in [-0.1, -0.05) is 6.92 Å². The summed E-state index contributed by atoms with van der Waals surface area (Å²) < 4.78 is 5.42. The summed E-state index contributed by atoms with van der Waals surface area (Å²) in [4.78, 5) is 0. The van der Waals surface area contributed by atoms with Gasteiger partial charge in [0.25, 0.3) is 0 Å². The largest absolute Gasteiger partial charge is 0.379 e. The summed E-state index contributed by atoms with van der Waals surface area (Å²) in [7, 11) is 1.77. The Bertz CT molecular complexity index is 179. The summed E-state index contributed by atoms with van der Waals surface area (Å²) in [5.74, 6) is 0.789. The van der Waals surface area contributed by atoms with Crippen molar-refractivity contribution >= 4 is 0 Å². The van der Waals surface area contributed by atoms with Gasteiger partial charge in [-0.2, -0.15) is 0 Å². The smallest absolute Gasteiger partial charge is 0.0640 e. The Morgan fingerprint density at radius 1 is 1.54 bits per heavy atom. The molecule has 0 radical (unpaired) electrons. The van der Waals surface area contributed by atoms with Gasteiger partial charge < -0.3 is 10.5 Å². The number of ether oxygens (including phenoxy) is 1. The van der Waals surface area contributed by atoms with Crippen molar-refractivity contribution in [1.29, 1.82) is 0 Å². The molecule has 1 fully saturated rings. The lowest BCUT2D eigenvalue weighted by Crippen LogP contribution is -2.44. The average molecular weight is 185 g/mol. The van der Waals surface area contributed by atoms with Gasteiger partial charge in [-0.05, 0) is 45.4 Å². The zero-order valence-electron chi connectivity index (χ0n) is 9.39. The van der Waals surface area contributed by atoms with E-state index >= 15 is 0 Å². The van der Waals surface area contributed by atoms with Gasteiger partial charge in [-0.15, -0.1) is 0 Å². The fraction of sp³-hybridized carbons (Fsp3) is 1.00. The van der Waals surface area contributed by atoms with Crippen molar-refractivity contribution in [3.63, 3.8) is 0 Å². The van der Waals surface area contributed by atoms with Crippen LogP contribution in [0.15, 0.2) is 0 Å². The minimum atomic E-state index is -0.0706. The lowest BCUT2D eigenvalue weighted by Gasteiger charge is -2.33. The van der Waals surface area contributed by atoms with Crippen LogP contribution in [-0.2, 0) is 4.74 Å². The number of rotatable bonds is 3. The van der Waals surface area contributed by atoms with E-state index < -0.39 is 0 Å². The average Bonchev–Trinajstić information content (AvgIpc) is 2.30. The first-order valence-electron chi connectivity index (χ1n) is 5.21. The van der Waals surface area contributed by atoms with E-state index in [1.54, 1.807) is 7.11 Å². The van der Waals surface area contributed by atoms with Crippen molar-refractivity contribution in [2.24, 2.45) is 11.7 Å². The summed E-state index contributed by atoms with van der Waals surface area (Å²) >= 11 is 0. The molecule has 0 aliphatic heterocycles. The van der Waals surface area contributed by atoms with E-state index in [0.717, 1.165) is 25.2 Å². The molecule has 0 spiro atoms. The normalized spacial score (nSPS) is 35.3. The monoisotopic (exact) mass is 185 g/mol. The molecule has 0 aromatic heterocycles. The highest BCUT2D eigenvalue weighted by atomic mass is 16.5. The summed E-state index contributed by atoms with van der Waals surface area (Å²) in [6, 6.07) is 0. The van der Waals surface area contributed by atoms with Crippen LogP contribution in [0.5, 0.6) is 0 Å². The van der Waals surface area contributed by atoms with Crippen LogP contribution in [0.3, 0.4) is 0 Å². The number of nitrogens with two attached hydrogens (primary N) is 1. The van der Waals surface area contributed by atoms with Crippen LogP contribution >= 0.6 is 0 Å². The zero-order valence-corrected chi connectivity index (χ0v) is 9.39. The van der Waals surface area contributed by atoms with Crippen LogP contribution in [0, 0.1) is 5.92 Å². The van der Waals surface area contributed by atoms with Crippen LogP contribution in [0.4, 0.5) is 0 Å². The third-order valence-electron chi connectivity index (χ3n) is 3.22. The second kappa shape index (κ2) is 3.58. The third-order valence-corrected chi connectivity index (χ3v) is 3.22. The highest BCUT2D eigenvalue weighted by Gasteiger charge is 2.38. The Hall–Kier alpha value is -0.0800. The maximum atomic E-state index is 6.33. The summed E-state index contributed by atoms with van der Waals surface area (Å²) in [5.41, 5.74) is 6.29. The predicted molar refractivity (Wildman–Crippen MR) is 55.6 cm³/mol. The molecule has 13 heavy (non-hydrogen) atoms. The molecule has 1 saturated carbocycles. The maximum Gasteiger partial charge on any atom is 0.0640 e. The molecule has 1 aliphatic carbocycles. The molecule has 2 unspecified atom stereocenters. The first-order chi connectivity index (χ1) is 5.87. The van der Waals surface area contributed by atoms with Gasteiger partial charge in [0.05, 0.1) is 5.60 Å². The van der Waals surface area contributed by atoms with Crippen LogP contribution in [0.25, 0.3) is 0 Å². The third kappa shape index (κ3) is 2.96. The van der Waals surface area contributed by atoms with Gasteiger partial charge in [0, 0.05) is 12.6 Å². The summed E-state index contributed by atoms with van der Waals surface area (Å²) in [6.45, 7) is 6.52. The van der Waals surface area contributed by atoms with E-state index in [-0.39, 0.29) is 11.1 Å². The van der Waals surface area contributed by atoms with Crippen molar-refractivity contribution in [2.75, 3.05) is 7.11 Å². The first-order valence-corrected chi connectivity index (χ1v) is 5.21. The lowest BCUT2D eigenvalue weighted by molar-refractivity contribution is -0.00273. The molecule has 0 aromatic carbocycles. The fourth-order valence-corrected chi connectivity index (χ4v) is 2.51. The van der Waals surface area contributed by atoms with E-state index in [0.29, 0.717) is 0 Å².